The molecule has 1 saturated carbocycles. The number of hydrogen-bond acceptors (Lipinski definition) is 2. The van der Waals surface area contributed by atoms with Gasteiger partial charge in [-0.05, 0) is 37.8 Å². The minimum atomic E-state index is 0.533. The van der Waals surface area contributed by atoms with Crippen molar-refractivity contribution in [2.24, 2.45) is 4.99 Å². The monoisotopic (exact) mass is 266 g/mol. The largest absolute Gasteiger partial charge is 0.357 e. The number of guanidine groups is 1. The fraction of sp³-hybridized carbons (Fsp3) is 0.538. The Bertz CT molecular complexity index is 398. The van der Waals surface area contributed by atoms with Crippen LogP contribution in [0, 0.1) is 0 Å². The second-order valence-electron chi connectivity index (χ2n) is 4.42. The summed E-state index contributed by atoms with van der Waals surface area (Å²) in [7, 11) is 0. The highest BCUT2D eigenvalue weighted by atomic mass is 35.5. The van der Waals surface area contributed by atoms with Crippen LogP contribution in [0.5, 0.6) is 0 Å². The van der Waals surface area contributed by atoms with Gasteiger partial charge >= 0.3 is 0 Å². The number of nitrogens with zero attached hydrogens (tertiary/aromatic N) is 2. The van der Waals surface area contributed by atoms with Crippen molar-refractivity contribution in [3.63, 3.8) is 0 Å². The zero-order chi connectivity index (χ0) is 12.8. The van der Waals surface area contributed by atoms with Gasteiger partial charge in [0.1, 0.15) is 5.15 Å². The van der Waals surface area contributed by atoms with Crippen molar-refractivity contribution in [1.29, 1.82) is 0 Å². The lowest BCUT2D eigenvalue weighted by atomic mass is 10.2. The van der Waals surface area contributed by atoms with Crippen LogP contribution in [0.25, 0.3) is 0 Å². The molecule has 1 aliphatic rings. The SMILES string of the molecule is CCNC(=NCCc1ccc(Cl)nc1)NC1CC1. The van der Waals surface area contributed by atoms with Crippen LogP contribution >= 0.6 is 11.6 Å². The van der Waals surface area contributed by atoms with Gasteiger partial charge in [-0.25, -0.2) is 4.98 Å². The van der Waals surface area contributed by atoms with Gasteiger partial charge in [0, 0.05) is 25.3 Å². The third-order valence-electron chi connectivity index (χ3n) is 2.72. The summed E-state index contributed by atoms with van der Waals surface area (Å²) in [5, 5.41) is 7.17. The summed E-state index contributed by atoms with van der Waals surface area (Å²) in [5.41, 5.74) is 1.16. The zero-order valence-corrected chi connectivity index (χ0v) is 11.4. The average Bonchev–Trinajstić information content (AvgIpc) is 3.16. The van der Waals surface area contributed by atoms with E-state index >= 15 is 0 Å². The van der Waals surface area contributed by atoms with Gasteiger partial charge in [-0.2, -0.15) is 0 Å². The van der Waals surface area contributed by atoms with E-state index in [1.807, 2.05) is 12.1 Å². The Kier molecular flexibility index (Phi) is 4.81. The highest BCUT2D eigenvalue weighted by Gasteiger charge is 2.21. The molecule has 0 unspecified atom stereocenters. The molecule has 1 aliphatic carbocycles. The predicted molar refractivity (Wildman–Crippen MR) is 75.1 cm³/mol. The molecule has 0 aromatic carbocycles. The third kappa shape index (κ3) is 4.53. The first-order valence-corrected chi connectivity index (χ1v) is 6.81. The number of rotatable bonds is 5. The van der Waals surface area contributed by atoms with Gasteiger partial charge in [0.25, 0.3) is 0 Å². The van der Waals surface area contributed by atoms with Gasteiger partial charge in [-0.15, -0.1) is 0 Å². The van der Waals surface area contributed by atoms with Crippen LogP contribution in [-0.2, 0) is 6.42 Å². The van der Waals surface area contributed by atoms with Crippen molar-refractivity contribution >= 4 is 17.6 Å². The van der Waals surface area contributed by atoms with Gasteiger partial charge in [0.15, 0.2) is 5.96 Å². The predicted octanol–water partition coefficient (Wildman–Crippen LogP) is 1.99. The molecule has 0 spiro atoms. The van der Waals surface area contributed by atoms with Gasteiger partial charge in [0.05, 0.1) is 0 Å². The summed E-state index contributed by atoms with van der Waals surface area (Å²) >= 11 is 5.74. The van der Waals surface area contributed by atoms with Crippen LogP contribution in [0.1, 0.15) is 25.3 Å². The molecular formula is C13H19ClN4. The van der Waals surface area contributed by atoms with Crippen molar-refractivity contribution in [2.75, 3.05) is 13.1 Å². The van der Waals surface area contributed by atoms with Gasteiger partial charge in [0.2, 0.25) is 0 Å². The minimum absolute atomic E-state index is 0.533. The molecule has 1 fully saturated rings. The fourth-order valence-corrected chi connectivity index (χ4v) is 1.70. The number of pyridine rings is 1. The van der Waals surface area contributed by atoms with E-state index in [0.29, 0.717) is 11.2 Å². The lowest BCUT2D eigenvalue weighted by molar-refractivity contribution is 0.807. The first kappa shape index (κ1) is 13.1. The quantitative estimate of drug-likeness (QED) is 0.487. The van der Waals surface area contributed by atoms with Crippen LogP contribution in [0.3, 0.4) is 0 Å². The Balaban J connectivity index is 1.81. The second kappa shape index (κ2) is 6.59. The van der Waals surface area contributed by atoms with Gasteiger partial charge < -0.3 is 10.6 Å². The van der Waals surface area contributed by atoms with Gasteiger partial charge in [-0.3, -0.25) is 4.99 Å². The number of hydrogen-bond donors (Lipinski definition) is 2. The average molecular weight is 267 g/mol. The van der Waals surface area contributed by atoms with Crippen molar-refractivity contribution in [1.82, 2.24) is 15.6 Å². The molecule has 0 atom stereocenters. The molecule has 4 nitrogen and oxygen atoms in total. The molecule has 0 radical (unpaired) electrons. The molecule has 98 valence electrons. The number of aromatic nitrogens is 1. The second-order valence-corrected chi connectivity index (χ2v) is 4.81. The maximum absolute atomic E-state index is 5.74. The molecule has 0 saturated heterocycles. The van der Waals surface area contributed by atoms with Crippen molar-refractivity contribution in [2.45, 2.75) is 32.2 Å². The van der Waals surface area contributed by atoms with Crippen LogP contribution in [-0.4, -0.2) is 30.1 Å². The summed E-state index contributed by atoms with van der Waals surface area (Å²) in [6.07, 6.45) is 5.20. The van der Waals surface area contributed by atoms with Crippen molar-refractivity contribution in [3.8, 4) is 0 Å². The molecular weight excluding hydrogens is 248 g/mol. The Hall–Kier alpha value is -1.29. The molecule has 18 heavy (non-hydrogen) atoms. The molecule has 2 N–H and O–H groups in total. The van der Waals surface area contributed by atoms with Crippen molar-refractivity contribution in [3.05, 3.63) is 29.0 Å². The Morgan fingerprint density at radius 3 is 2.94 bits per heavy atom. The first-order chi connectivity index (χ1) is 8.78. The Labute approximate surface area is 113 Å². The minimum Gasteiger partial charge on any atom is -0.357 e. The van der Waals surface area contributed by atoms with E-state index in [0.717, 1.165) is 31.0 Å². The maximum atomic E-state index is 5.74. The third-order valence-corrected chi connectivity index (χ3v) is 2.95. The maximum Gasteiger partial charge on any atom is 0.191 e. The number of halogens is 1. The lowest BCUT2D eigenvalue weighted by Gasteiger charge is -2.09. The lowest BCUT2D eigenvalue weighted by Crippen LogP contribution is -2.38. The van der Waals surface area contributed by atoms with E-state index in [2.05, 4.69) is 27.5 Å². The van der Waals surface area contributed by atoms with E-state index in [1.165, 1.54) is 12.8 Å². The standard InChI is InChI=1S/C13H19ClN4/c1-2-15-13(18-11-4-5-11)16-8-7-10-3-6-12(14)17-9-10/h3,6,9,11H,2,4-5,7-8H2,1H3,(H2,15,16,18). The topological polar surface area (TPSA) is 49.3 Å². The fourth-order valence-electron chi connectivity index (χ4n) is 1.59. The number of nitrogens with one attached hydrogen (secondary N) is 2. The van der Waals surface area contributed by atoms with Crippen LogP contribution < -0.4 is 10.6 Å². The highest BCUT2D eigenvalue weighted by Crippen LogP contribution is 2.18. The number of aliphatic imine (C=N–C) groups is 1. The highest BCUT2D eigenvalue weighted by molar-refractivity contribution is 6.29. The summed E-state index contributed by atoms with van der Waals surface area (Å²) in [4.78, 5) is 8.60. The van der Waals surface area contributed by atoms with E-state index in [-0.39, 0.29) is 0 Å². The molecule has 1 aromatic rings. The first-order valence-electron chi connectivity index (χ1n) is 6.43. The van der Waals surface area contributed by atoms with E-state index < -0.39 is 0 Å². The normalized spacial score (nSPS) is 15.6. The van der Waals surface area contributed by atoms with Crippen LogP contribution in [0.4, 0.5) is 0 Å². The molecule has 1 aromatic heterocycles. The van der Waals surface area contributed by atoms with E-state index in [4.69, 9.17) is 11.6 Å². The summed E-state index contributed by atoms with van der Waals surface area (Å²) < 4.78 is 0. The van der Waals surface area contributed by atoms with E-state index in [1.54, 1.807) is 6.20 Å². The summed E-state index contributed by atoms with van der Waals surface area (Å²) in [6.45, 7) is 3.72. The zero-order valence-electron chi connectivity index (χ0n) is 10.6. The summed E-state index contributed by atoms with van der Waals surface area (Å²) in [5.74, 6) is 0.918. The van der Waals surface area contributed by atoms with E-state index in [9.17, 15) is 0 Å². The molecule has 5 heteroatoms. The molecule has 0 aliphatic heterocycles. The van der Waals surface area contributed by atoms with Crippen LogP contribution in [0.2, 0.25) is 5.15 Å². The summed E-state index contributed by atoms with van der Waals surface area (Å²) in [6, 6.07) is 4.43. The Morgan fingerprint density at radius 1 is 1.50 bits per heavy atom. The molecule has 0 amide bonds. The van der Waals surface area contributed by atoms with Crippen LogP contribution in [0.15, 0.2) is 23.3 Å². The molecule has 0 bridgehead atoms. The van der Waals surface area contributed by atoms with Gasteiger partial charge in [-0.1, -0.05) is 17.7 Å². The smallest absolute Gasteiger partial charge is 0.191 e. The Morgan fingerprint density at radius 2 is 2.33 bits per heavy atom. The molecule has 2 rings (SSSR count). The molecule has 1 heterocycles. The van der Waals surface area contributed by atoms with Crippen molar-refractivity contribution < 1.29 is 0 Å².